The molecule has 2 heterocycles. The van der Waals surface area contributed by atoms with E-state index in [-0.39, 0.29) is 11.9 Å². The molecule has 2 N–H and O–H groups in total. The third-order valence-corrected chi connectivity index (χ3v) is 7.19. The molecule has 0 bridgehead atoms. The molecule has 2 aromatic heterocycles. The number of aromatic nitrogens is 4. The second-order valence-electron chi connectivity index (χ2n) is 10.3. The van der Waals surface area contributed by atoms with E-state index in [9.17, 15) is 4.79 Å². The number of amides is 1. The van der Waals surface area contributed by atoms with Gasteiger partial charge in [-0.15, -0.1) is 0 Å². The van der Waals surface area contributed by atoms with E-state index in [1.807, 2.05) is 23.8 Å². The minimum absolute atomic E-state index is 0.0438. The Bertz CT molecular complexity index is 883. The summed E-state index contributed by atoms with van der Waals surface area (Å²) in [6.07, 6.45) is 21.5. The standard InChI is InChI=1S/C29H48N6O2/c1-3-5-6-7-8-12-16-25-22-27(34-29(32-25)35-19-18-30-23-35)33-26(21-24-14-10-9-11-15-24)28(36)31-17-13-20-37-4-2/h18-19,22-24,26H,3-17,20-21H2,1-2H3,(H,31,36)(H,32,33,34)/t26-/m0/s1. The van der Waals surface area contributed by atoms with Crippen LogP contribution in [0, 0.1) is 5.92 Å². The van der Waals surface area contributed by atoms with Gasteiger partial charge in [-0.2, -0.15) is 4.98 Å². The first-order chi connectivity index (χ1) is 18.2. The van der Waals surface area contributed by atoms with Crippen LogP contribution in [0.25, 0.3) is 5.95 Å². The molecule has 1 aliphatic carbocycles. The highest BCUT2D eigenvalue weighted by atomic mass is 16.5. The fourth-order valence-electron chi connectivity index (χ4n) is 5.08. The van der Waals surface area contributed by atoms with Crippen molar-refractivity contribution in [2.75, 3.05) is 25.1 Å². The zero-order valence-corrected chi connectivity index (χ0v) is 23.1. The van der Waals surface area contributed by atoms with Gasteiger partial charge in [-0.25, -0.2) is 9.97 Å². The Morgan fingerprint density at radius 3 is 2.65 bits per heavy atom. The Hall–Kier alpha value is -2.48. The number of hydrogen-bond acceptors (Lipinski definition) is 6. The highest BCUT2D eigenvalue weighted by Crippen LogP contribution is 2.28. The summed E-state index contributed by atoms with van der Waals surface area (Å²) in [6, 6.07) is 1.71. The van der Waals surface area contributed by atoms with Crippen molar-refractivity contribution in [3.63, 3.8) is 0 Å². The lowest BCUT2D eigenvalue weighted by Gasteiger charge is -2.27. The second-order valence-corrected chi connectivity index (χ2v) is 10.3. The maximum Gasteiger partial charge on any atom is 0.242 e. The van der Waals surface area contributed by atoms with Gasteiger partial charge in [0.15, 0.2) is 0 Å². The summed E-state index contributed by atoms with van der Waals surface area (Å²) in [4.78, 5) is 27.0. The van der Waals surface area contributed by atoms with Crippen molar-refractivity contribution in [2.24, 2.45) is 5.92 Å². The lowest BCUT2D eigenvalue weighted by Crippen LogP contribution is -2.42. The van der Waals surface area contributed by atoms with E-state index in [0.717, 1.165) is 31.4 Å². The molecule has 2 aromatic rings. The van der Waals surface area contributed by atoms with E-state index in [1.165, 1.54) is 64.2 Å². The SMILES string of the molecule is CCCCCCCCc1cc(N[C@@H](CC2CCCCC2)C(=O)NCCCOCC)nc(-n2ccnc2)n1. The normalized spacial score (nSPS) is 15.0. The number of carbonyl (C=O) groups is 1. The molecule has 0 radical (unpaired) electrons. The molecule has 37 heavy (non-hydrogen) atoms. The van der Waals surface area contributed by atoms with Crippen molar-refractivity contribution in [3.8, 4) is 5.95 Å². The summed E-state index contributed by atoms with van der Waals surface area (Å²) in [5.41, 5.74) is 1.00. The number of nitrogens with one attached hydrogen (secondary N) is 2. The average molecular weight is 513 g/mol. The molecule has 0 spiro atoms. The van der Waals surface area contributed by atoms with Gasteiger partial charge in [0.1, 0.15) is 18.2 Å². The van der Waals surface area contributed by atoms with Gasteiger partial charge < -0.3 is 15.4 Å². The first kappa shape index (κ1) is 29.1. The molecule has 8 heteroatoms. The van der Waals surface area contributed by atoms with Crippen molar-refractivity contribution in [1.82, 2.24) is 24.8 Å². The van der Waals surface area contributed by atoms with Gasteiger partial charge in [-0.3, -0.25) is 9.36 Å². The number of rotatable bonds is 18. The number of nitrogens with zero attached hydrogens (tertiary/aromatic N) is 4. The average Bonchev–Trinajstić information content (AvgIpc) is 3.46. The molecule has 3 rings (SSSR count). The Morgan fingerprint density at radius 2 is 1.89 bits per heavy atom. The van der Waals surface area contributed by atoms with E-state index >= 15 is 0 Å². The predicted molar refractivity (Wildman–Crippen MR) is 149 cm³/mol. The summed E-state index contributed by atoms with van der Waals surface area (Å²) >= 11 is 0. The molecule has 1 amide bonds. The van der Waals surface area contributed by atoms with Crippen LogP contribution in [0.2, 0.25) is 0 Å². The summed E-state index contributed by atoms with van der Waals surface area (Å²) in [6.45, 7) is 6.22. The maximum absolute atomic E-state index is 13.3. The minimum Gasteiger partial charge on any atom is -0.382 e. The Morgan fingerprint density at radius 1 is 1.08 bits per heavy atom. The van der Waals surface area contributed by atoms with E-state index in [1.54, 1.807) is 12.5 Å². The molecule has 0 aliphatic heterocycles. The van der Waals surface area contributed by atoms with Crippen LogP contribution in [0.15, 0.2) is 24.8 Å². The highest BCUT2D eigenvalue weighted by molar-refractivity contribution is 5.84. The van der Waals surface area contributed by atoms with Gasteiger partial charge >= 0.3 is 0 Å². The predicted octanol–water partition coefficient (Wildman–Crippen LogP) is 5.86. The zero-order chi connectivity index (χ0) is 26.1. The molecular formula is C29H48N6O2. The Balaban J connectivity index is 1.70. The molecular weight excluding hydrogens is 464 g/mol. The van der Waals surface area contributed by atoms with Crippen molar-refractivity contribution >= 4 is 11.7 Å². The molecule has 8 nitrogen and oxygen atoms in total. The number of ether oxygens (including phenoxy) is 1. The lowest BCUT2D eigenvalue weighted by molar-refractivity contribution is -0.122. The maximum atomic E-state index is 13.3. The first-order valence-corrected chi connectivity index (χ1v) is 14.7. The second kappa shape index (κ2) is 17.1. The largest absolute Gasteiger partial charge is 0.382 e. The minimum atomic E-state index is -0.317. The zero-order valence-electron chi connectivity index (χ0n) is 23.1. The number of carbonyl (C=O) groups excluding carboxylic acids is 1. The van der Waals surface area contributed by atoms with Gasteiger partial charge in [0, 0.05) is 43.9 Å². The Kier molecular flexibility index (Phi) is 13.4. The fourth-order valence-corrected chi connectivity index (χ4v) is 5.08. The lowest BCUT2D eigenvalue weighted by atomic mass is 9.84. The summed E-state index contributed by atoms with van der Waals surface area (Å²) in [5, 5.41) is 6.64. The van der Waals surface area contributed by atoms with Crippen molar-refractivity contribution in [2.45, 2.75) is 110 Å². The van der Waals surface area contributed by atoms with Crippen LogP contribution < -0.4 is 10.6 Å². The van der Waals surface area contributed by atoms with E-state index < -0.39 is 0 Å². The van der Waals surface area contributed by atoms with Crippen molar-refractivity contribution in [1.29, 1.82) is 0 Å². The van der Waals surface area contributed by atoms with Gasteiger partial charge in [0.05, 0.1) is 0 Å². The number of aryl methyl sites for hydroxylation is 1. The van der Waals surface area contributed by atoms with E-state index in [2.05, 4.69) is 22.5 Å². The number of anilines is 1. The van der Waals surface area contributed by atoms with E-state index in [4.69, 9.17) is 14.7 Å². The van der Waals surface area contributed by atoms with Gasteiger partial charge in [0.2, 0.25) is 11.9 Å². The number of hydrogen-bond donors (Lipinski definition) is 2. The summed E-state index contributed by atoms with van der Waals surface area (Å²) < 4.78 is 7.26. The van der Waals surface area contributed by atoms with Crippen LogP contribution in [0.3, 0.4) is 0 Å². The van der Waals surface area contributed by atoms with Crippen LogP contribution in [0.1, 0.15) is 103 Å². The molecule has 1 saturated carbocycles. The van der Waals surface area contributed by atoms with Crippen molar-refractivity contribution in [3.05, 3.63) is 30.5 Å². The molecule has 1 fully saturated rings. The van der Waals surface area contributed by atoms with Crippen LogP contribution >= 0.6 is 0 Å². The van der Waals surface area contributed by atoms with Crippen LogP contribution in [0.4, 0.5) is 5.82 Å². The van der Waals surface area contributed by atoms with Gasteiger partial charge in [0.25, 0.3) is 0 Å². The summed E-state index contributed by atoms with van der Waals surface area (Å²) in [7, 11) is 0. The summed E-state index contributed by atoms with van der Waals surface area (Å²) in [5.74, 6) is 1.92. The molecule has 1 aliphatic rings. The number of imidazole rings is 1. The van der Waals surface area contributed by atoms with Gasteiger partial charge in [-0.05, 0) is 38.5 Å². The molecule has 0 aromatic carbocycles. The molecule has 206 valence electrons. The monoisotopic (exact) mass is 512 g/mol. The van der Waals surface area contributed by atoms with Crippen LogP contribution in [-0.4, -0.2) is 51.2 Å². The Labute approximate surface area is 223 Å². The smallest absolute Gasteiger partial charge is 0.242 e. The molecule has 0 unspecified atom stereocenters. The third-order valence-electron chi connectivity index (χ3n) is 7.19. The van der Waals surface area contributed by atoms with Crippen LogP contribution in [0.5, 0.6) is 0 Å². The third kappa shape index (κ3) is 10.8. The molecule has 0 saturated heterocycles. The first-order valence-electron chi connectivity index (χ1n) is 14.7. The van der Waals surface area contributed by atoms with Crippen molar-refractivity contribution < 1.29 is 9.53 Å². The van der Waals surface area contributed by atoms with Gasteiger partial charge in [-0.1, -0.05) is 71.1 Å². The molecule has 1 atom stereocenters. The quantitative estimate of drug-likeness (QED) is 0.243. The van der Waals surface area contributed by atoms with E-state index in [0.29, 0.717) is 37.4 Å². The van der Waals surface area contributed by atoms with Crippen LogP contribution in [-0.2, 0) is 16.0 Å². The fraction of sp³-hybridized carbons (Fsp3) is 0.724. The highest BCUT2D eigenvalue weighted by Gasteiger charge is 2.25. The topological polar surface area (TPSA) is 94.0 Å². The number of unbranched alkanes of at least 4 members (excludes halogenated alkanes) is 5.